The van der Waals surface area contributed by atoms with Crippen LogP contribution in [-0.4, -0.2) is 16.1 Å². The van der Waals surface area contributed by atoms with Crippen LogP contribution in [0.25, 0.3) is 10.9 Å². The SMILES string of the molecule is Cc1cccc(C(=O)Nc2n[nH]c3ccccc23)c1Cl. The van der Waals surface area contributed by atoms with Gasteiger partial charge >= 0.3 is 0 Å². The smallest absolute Gasteiger partial charge is 0.258 e. The molecule has 0 radical (unpaired) electrons. The molecule has 2 N–H and O–H groups in total. The number of hydrogen-bond donors (Lipinski definition) is 2. The molecular weight excluding hydrogens is 274 g/mol. The molecule has 2 aromatic carbocycles. The molecule has 0 fully saturated rings. The normalized spacial score (nSPS) is 10.7. The molecule has 0 unspecified atom stereocenters. The molecule has 5 heteroatoms. The zero-order valence-electron chi connectivity index (χ0n) is 10.8. The van der Waals surface area contributed by atoms with E-state index in [1.165, 1.54) is 0 Å². The third-order valence-electron chi connectivity index (χ3n) is 3.14. The molecule has 0 spiro atoms. The standard InChI is InChI=1S/C15H12ClN3O/c1-9-5-4-7-11(13(9)16)15(20)17-14-10-6-2-3-8-12(10)18-19-14/h2-8H,1H3,(H2,17,18,19,20). The second kappa shape index (κ2) is 4.98. The maximum Gasteiger partial charge on any atom is 0.258 e. The van der Waals surface area contributed by atoms with Crippen molar-refractivity contribution in [3.05, 3.63) is 58.6 Å². The van der Waals surface area contributed by atoms with Crippen LogP contribution in [0.4, 0.5) is 5.82 Å². The number of benzene rings is 2. The van der Waals surface area contributed by atoms with Gasteiger partial charge in [0.15, 0.2) is 5.82 Å². The van der Waals surface area contributed by atoms with Crippen molar-refractivity contribution in [2.45, 2.75) is 6.92 Å². The fourth-order valence-electron chi connectivity index (χ4n) is 2.06. The Morgan fingerprint density at radius 3 is 2.85 bits per heavy atom. The molecule has 0 saturated carbocycles. The Kier molecular flexibility index (Phi) is 3.16. The molecule has 0 aliphatic rings. The lowest BCUT2D eigenvalue weighted by Crippen LogP contribution is -2.13. The number of hydrogen-bond acceptors (Lipinski definition) is 2. The van der Waals surface area contributed by atoms with Crippen molar-refractivity contribution in [3.63, 3.8) is 0 Å². The molecule has 0 atom stereocenters. The fraction of sp³-hybridized carbons (Fsp3) is 0.0667. The third kappa shape index (κ3) is 2.14. The van der Waals surface area contributed by atoms with Crippen LogP contribution in [0, 0.1) is 6.92 Å². The summed E-state index contributed by atoms with van der Waals surface area (Å²) in [6.45, 7) is 1.86. The number of H-pyrrole nitrogens is 1. The van der Waals surface area contributed by atoms with E-state index in [2.05, 4.69) is 15.5 Å². The van der Waals surface area contributed by atoms with Crippen molar-refractivity contribution in [3.8, 4) is 0 Å². The highest BCUT2D eigenvalue weighted by molar-refractivity contribution is 6.35. The maximum atomic E-state index is 12.3. The summed E-state index contributed by atoms with van der Waals surface area (Å²) in [6, 6.07) is 13.0. The molecule has 3 aromatic rings. The first-order valence-electron chi connectivity index (χ1n) is 6.16. The Bertz CT molecular complexity index is 795. The first kappa shape index (κ1) is 12.7. The molecule has 3 rings (SSSR count). The van der Waals surface area contributed by atoms with Gasteiger partial charge in [0, 0.05) is 5.39 Å². The number of nitrogens with zero attached hydrogens (tertiary/aromatic N) is 1. The lowest BCUT2D eigenvalue weighted by Gasteiger charge is -2.06. The monoisotopic (exact) mass is 285 g/mol. The summed E-state index contributed by atoms with van der Waals surface area (Å²) in [5, 5.41) is 11.1. The van der Waals surface area contributed by atoms with Gasteiger partial charge in [-0.3, -0.25) is 9.89 Å². The van der Waals surface area contributed by atoms with Crippen LogP contribution >= 0.6 is 11.6 Å². The van der Waals surface area contributed by atoms with Gasteiger partial charge in [-0.15, -0.1) is 0 Å². The Hall–Kier alpha value is -2.33. The minimum absolute atomic E-state index is 0.268. The van der Waals surface area contributed by atoms with Crippen molar-refractivity contribution in [1.29, 1.82) is 0 Å². The third-order valence-corrected chi connectivity index (χ3v) is 3.64. The van der Waals surface area contributed by atoms with Crippen LogP contribution in [0.2, 0.25) is 5.02 Å². The second-order valence-electron chi connectivity index (χ2n) is 4.51. The molecule has 0 bridgehead atoms. The van der Waals surface area contributed by atoms with Crippen molar-refractivity contribution in [1.82, 2.24) is 10.2 Å². The highest BCUT2D eigenvalue weighted by Gasteiger charge is 2.14. The van der Waals surface area contributed by atoms with Gasteiger partial charge in [0.2, 0.25) is 0 Å². The molecule has 100 valence electrons. The molecule has 1 heterocycles. The molecule has 1 amide bonds. The predicted octanol–water partition coefficient (Wildman–Crippen LogP) is 3.78. The fourth-order valence-corrected chi connectivity index (χ4v) is 2.27. The van der Waals surface area contributed by atoms with Crippen LogP contribution in [0.15, 0.2) is 42.5 Å². The number of carbonyl (C=O) groups is 1. The zero-order valence-corrected chi connectivity index (χ0v) is 11.5. The van der Waals surface area contributed by atoms with E-state index in [0.717, 1.165) is 16.5 Å². The Morgan fingerprint density at radius 2 is 2.00 bits per heavy atom. The highest BCUT2D eigenvalue weighted by atomic mass is 35.5. The van der Waals surface area contributed by atoms with E-state index < -0.39 is 0 Å². The number of fused-ring (bicyclic) bond motifs is 1. The van der Waals surface area contributed by atoms with E-state index in [-0.39, 0.29) is 5.91 Å². The van der Waals surface area contributed by atoms with E-state index in [4.69, 9.17) is 11.6 Å². The van der Waals surface area contributed by atoms with Gasteiger partial charge in [0.1, 0.15) is 0 Å². The quantitative estimate of drug-likeness (QED) is 0.753. The Morgan fingerprint density at radius 1 is 1.20 bits per heavy atom. The van der Waals surface area contributed by atoms with Crippen LogP contribution in [0.1, 0.15) is 15.9 Å². The Balaban J connectivity index is 1.95. The minimum atomic E-state index is -0.268. The molecule has 20 heavy (non-hydrogen) atoms. The van der Waals surface area contributed by atoms with E-state index >= 15 is 0 Å². The number of halogens is 1. The number of aromatic amines is 1. The highest BCUT2D eigenvalue weighted by Crippen LogP contribution is 2.23. The van der Waals surface area contributed by atoms with Gasteiger partial charge in [-0.2, -0.15) is 5.10 Å². The first-order chi connectivity index (χ1) is 9.66. The number of anilines is 1. The van der Waals surface area contributed by atoms with Crippen molar-refractivity contribution in [2.75, 3.05) is 5.32 Å². The number of amides is 1. The average Bonchev–Trinajstić information content (AvgIpc) is 2.85. The van der Waals surface area contributed by atoms with E-state index in [0.29, 0.717) is 16.4 Å². The molecular formula is C15H12ClN3O. The summed E-state index contributed by atoms with van der Waals surface area (Å²) in [5.74, 6) is 0.235. The number of nitrogens with one attached hydrogen (secondary N) is 2. The first-order valence-corrected chi connectivity index (χ1v) is 6.54. The minimum Gasteiger partial charge on any atom is -0.305 e. The largest absolute Gasteiger partial charge is 0.305 e. The molecule has 0 aliphatic carbocycles. The number of aryl methyl sites for hydroxylation is 1. The zero-order chi connectivity index (χ0) is 14.1. The predicted molar refractivity (Wildman–Crippen MR) is 80.2 cm³/mol. The van der Waals surface area contributed by atoms with Gasteiger partial charge in [-0.05, 0) is 30.7 Å². The van der Waals surface area contributed by atoms with Gasteiger partial charge in [-0.25, -0.2) is 0 Å². The van der Waals surface area contributed by atoms with Gasteiger partial charge < -0.3 is 5.32 Å². The molecule has 1 aromatic heterocycles. The van der Waals surface area contributed by atoms with Gasteiger partial charge in [0.05, 0.1) is 16.1 Å². The molecule has 0 saturated heterocycles. The summed E-state index contributed by atoms with van der Waals surface area (Å²) in [6.07, 6.45) is 0. The van der Waals surface area contributed by atoms with E-state index in [9.17, 15) is 4.79 Å². The molecule has 4 nitrogen and oxygen atoms in total. The summed E-state index contributed by atoms with van der Waals surface area (Å²) in [7, 11) is 0. The van der Waals surface area contributed by atoms with Gasteiger partial charge in [0.25, 0.3) is 5.91 Å². The van der Waals surface area contributed by atoms with E-state index in [1.54, 1.807) is 12.1 Å². The average molecular weight is 286 g/mol. The lowest BCUT2D eigenvalue weighted by molar-refractivity contribution is 0.102. The van der Waals surface area contributed by atoms with Gasteiger partial charge in [-0.1, -0.05) is 35.9 Å². The van der Waals surface area contributed by atoms with Crippen LogP contribution in [0.5, 0.6) is 0 Å². The number of rotatable bonds is 2. The van der Waals surface area contributed by atoms with Crippen molar-refractivity contribution < 1.29 is 4.79 Å². The second-order valence-corrected chi connectivity index (χ2v) is 4.89. The summed E-state index contributed by atoms with van der Waals surface area (Å²) in [5.41, 5.74) is 2.18. The topological polar surface area (TPSA) is 57.8 Å². The number of para-hydroxylation sites is 1. The summed E-state index contributed by atoms with van der Waals surface area (Å²) in [4.78, 5) is 12.3. The van der Waals surface area contributed by atoms with Crippen LogP contribution in [-0.2, 0) is 0 Å². The maximum absolute atomic E-state index is 12.3. The van der Waals surface area contributed by atoms with Crippen molar-refractivity contribution in [2.24, 2.45) is 0 Å². The summed E-state index contributed by atoms with van der Waals surface area (Å²) >= 11 is 6.16. The number of carbonyl (C=O) groups excluding carboxylic acids is 1. The van der Waals surface area contributed by atoms with E-state index in [1.807, 2.05) is 37.3 Å². The van der Waals surface area contributed by atoms with Crippen LogP contribution in [0.3, 0.4) is 0 Å². The summed E-state index contributed by atoms with van der Waals surface area (Å²) < 4.78 is 0. The lowest BCUT2D eigenvalue weighted by atomic mass is 10.1. The van der Waals surface area contributed by atoms with Crippen LogP contribution < -0.4 is 5.32 Å². The Labute approximate surface area is 120 Å². The molecule has 0 aliphatic heterocycles. The van der Waals surface area contributed by atoms with Crippen molar-refractivity contribution >= 4 is 34.2 Å². The number of aromatic nitrogens is 2.